The molecule has 1 aromatic rings. The number of fused-ring (bicyclic) bond motifs is 1. The van der Waals surface area contributed by atoms with Gasteiger partial charge >= 0.3 is 5.97 Å². The Morgan fingerprint density at radius 3 is 2.83 bits per heavy atom. The predicted molar refractivity (Wildman–Crippen MR) is 62.4 cm³/mol. The Balaban J connectivity index is 2.49. The molecule has 0 saturated carbocycles. The van der Waals surface area contributed by atoms with E-state index in [4.69, 9.17) is 9.47 Å². The van der Waals surface area contributed by atoms with Gasteiger partial charge in [-0.2, -0.15) is 0 Å². The number of carbonyl (C=O) groups excluding carboxylic acids is 1. The maximum absolute atomic E-state index is 11.7. The van der Waals surface area contributed by atoms with E-state index in [1.807, 2.05) is 0 Å². The SMILES string of the molecule is COc1cccc2c1OC(=O)[C@@H](C)[C@H]2C[N+](=O)[O-]. The van der Waals surface area contributed by atoms with E-state index in [0.29, 0.717) is 17.1 Å². The van der Waals surface area contributed by atoms with Crippen molar-refractivity contribution in [1.82, 2.24) is 0 Å². The van der Waals surface area contributed by atoms with E-state index >= 15 is 0 Å². The quantitative estimate of drug-likeness (QED) is 0.353. The molecule has 1 aliphatic heterocycles. The van der Waals surface area contributed by atoms with Gasteiger partial charge in [-0.05, 0) is 6.07 Å². The zero-order chi connectivity index (χ0) is 13.3. The lowest BCUT2D eigenvalue weighted by molar-refractivity contribution is -0.484. The van der Waals surface area contributed by atoms with Crippen molar-refractivity contribution in [2.24, 2.45) is 5.92 Å². The summed E-state index contributed by atoms with van der Waals surface area (Å²) >= 11 is 0. The number of nitro groups is 1. The van der Waals surface area contributed by atoms with Gasteiger partial charge in [0.1, 0.15) is 0 Å². The summed E-state index contributed by atoms with van der Waals surface area (Å²) in [5, 5.41) is 10.7. The molecule has 96 valence electrons. The van der Waals surface area contributed by atoms with Crippen LogP contribution < -0.4 is 9.47 Å². The number of benzene rings is 1. The summed E-state index contributed by atoms with van der Waals surface area (Å²) in [6.45, 7) is 1.34. The van der Waals surface area contributed by atoms with Crippen LogP contribution in [0.5, 0.6) is 11.5 Å². The molecule has 0 N–H and O–H groups in total. The maximum atomic E-state index is 11.7. The predicted octanol–water partition coefficient (Wildman–Crippen LogP) is 1.61. The smallest absolute Gasteiger partial charge is 0.315 e. The van der Waals surface area contributed by atoms with E-state index in [2.05, 4.69) is 0 Å². The number of methoxy groups -OCH3 is 1. The van der Waals surface area contributed by atoms with E-state index in [9.17, 15) is 14.9 Å². The van der Waals surface area contributed by atoms with Crippen molar-refractivity contribution >= 4 is 5.97 Å². The lowest BCUT2D eigenvalue weighted by Crippen LogP contribution is -2.33. The first-order chi connectivity index (χ1) is 8.54. The summed E-state index contributed by atoms with van der Waals surface area (Å²) in [5.41, 5.74) is 0.651. The highest BCUT2D eigenvalue weighted by Gasteiger charge is 2.39. The zero-order valence-corrected chi connectivity index (χ0v) is 10.1. The summed E-state index contributed by atoms with van der Waals surface area (Å²) in [6, 6.07) is 5.12. The number of esters is 1. The average Bonchev–Trinajstić information content (AvgIpc) is 2.34. The standard InChI is InChI=1S/C12H13NO5/c1-7-9(6-13(15)16)8-4-3-5-10(17-2)11(8)18-12(7)14/h3-5,7,9H,6H2,1-2H3/t7-,9+/m0/s1. The van der Waals surface area contributed by atoms with E-state index in [1.165, 1.54) is 7.11 Å². The van der Waals surface area contributed by atoms with Gasteiger partial charge in [-0.1, -0.05) is 19.1 Å². The van der Waals surface area contributed by atoms with Crippen LogP contribution in [-0.2, 0) is 4.79 Å². The third-order valence-corrected chi connectivity index (χ3v) is 3.15. The second-order valence-corrected chi connectivity index (χ2v) is 4.21. The van der Waals surface area contributed by atoms with E-state index < -0.39 is 22.7 Å². The maximum Gasteiger partial charge on any atom is 0.315 e. The molecular weight excluding hydrogens is 238 g/mol. The fourth-order valence-corrected chi connectivity index (χ4v) is 2.14. The molecule has 0 saturated heterocycles. The van der Waals surface area contributed by atoms with E-state index in [0.717, 1.165) is 0 Å². The van der Waals surface area contributed by atoms with Crippen LogP contribution in [0.25, 0.3) is 0 Å². The second-order valence-electron chi connectivity index (χ2n) is 4.21. The number of rotatable bonds is 3. The Bertz CT molecular complexity index is 499. The van der Waals surface area contributed by atoms with Gasteiger partial charge in [-0.25, -0.2) is 0 Å². The molecule has 18 heavy (non-hydrogen) atoms. The van der Waals surface area contributed by atoms with Crippen molar-refractivity contribution in [2.75, 3.05) is 13.7 Å². The Hall–Kier alpha value is -2.11. The van der Waals surface area contributed by atoms with Crippen LogP contribution in [0.4, 0.5) is 0 Å². The van der Waals surface area contributed by atoms with Crippen LogP contribution in [0.3, 0.4) is 0 Å². The summed E-state index contributed by atoms with van der Waals surface area (Å²) < 4.78 is 10.3. The fourth-order valence-electron chi connectivity index (χ4n) is 2.14. The molecule has 1 heterocycles. The number of carbonyl (C=O) groups is 1. The minimum absolute atomic E-state index is 0.295. The molecule has 2 rings (SSSR count). The van der Waals surface area contributed by atoms with Crippen LogP contribution in [0.2, 0.25) is 0 Å². The summed E-state index contributed by atoms with van der Waals surface area (Å²) in [7, 11) is 1.46. The minimum atomic E-state index is -0.532. The van der Waals surface area contributed by atoms with Crippen molar-refractivity contribution in [3.05, 3.63) is 33.9 Å². The summed E-state index contributed by atoms with van der Waals surface area (Å²) in [6.07, 6.45) is 0. The van der Waals surface area contributed by atoms with Crippen LogP contribution in [-0.4, -0.2) is 24.5 Å². The Morgan fingerprint density at radius 2 is 2.22 bits per heavy atom. The third-order valence-electron chi connectivity index (χ3n) is 3.15. The molecule has 0 spiro atoms. The van der Waals surface area contributed by atoms with Crippen LogP contribution in [0, 0.1) is 16.0 Å². The molecule has 0 aromatic heterocycles. The van der Waals surface area contributed by atoms with Gasteiger partial charge in [0, 0.05) is 10.5 Å². The molecule has 1 aromatic carbocycles. The highest BCUT2D eigenvalue weighted by Crippen LogP contribution is 2.42. The summed E-state index contributed by atoms with van der Waals surface area (Å²) in [5.74, 6) is -0.753. The van der Waals surface area contributed by atoms with E-state index in [-0.39, 0.29) is 6.54 Å². The molecule has 0 fully saturated rings. The molecule has 6 heteroatoms. The first kappa shape index (κ1) is 12.3. The normalized spacial score (nSPS) is 22.0. The number of ether oxygens (including phenoxy) is 2. The largest absolute Gasteiger partial charge is 0.493 e. The van der Waals surface area contributed by atoms with Crippen molar-refractivity contribution in [2.45, 2.75) is 12.8 Å². The first-order valence-electron chi connectivity index (χ1n) is 5.55. The molecule has 0 amide bonds. The molecule has 0 aliphatic carbocycles. The van der Waals surface area contributed by atoms with Crippen molar-refractivity contribution in [3.63, 3.8) is 0 Å². The van der Waals surface area contributed by atoms with Gasteiger partial charge in [0.05, 0.1) is 18.9 Å². The van der Waals surface area contributed by atoms with Gasteiger partial charge in [0.15, 0.2) is 11.5 Å². The topological polar surface area (TPSA) is 78.7 Å². The average molecular weight is 251 g/mol. The molecule has 0 unspecified atom stereocenters. The second kappa shape index (κ2) is 4.64. The van der Waals surface area contributed by atoms with Crippen LogP contribution in [0.15, 0.2) is 18.2 Å². The van der Waals surface area contributed by atoms with Gasteiger partial charge in [-0.3, -0.25) is 14.9 Å². The molecule has 0 bridgehead atoms. The van der Waals surface area contributed by atoms with Gasteiger partial charge < -0.3 is 9.47 Å². The highest BCUT2D eigenvalue weighted by molar-refractivity contribution is 5.80. The zero-order valence-electron chi connectivity index (χ0n) is 10.1. The fraction of sp³-hybridized carbons (Fsp3) is 0.417. The number of para-hydroxylation sites is 1. The highest BCUT2D eigenvalue weighted by atomic mass is 16.6. The Morgan fingerprint density at radius 1 is 1.50 bits per heavy atom. The first-order valence-corrected chi connectivity index (χ1v) is 5.55. The summed E-state index contributed by atoms with van der Waals surface area (Å²) in [4.78, 5) is 22.0. The van der Waals surface area contributed by atoms with Gasteiger partial charge in [-0.15, -0.1) is 0 Å². The molecular formula is C12H13NO5. The van der Waals surface area contributed by atoms with Crippen LogP contribution >= 0.6 is 0 Å². The molecule has 1 aliphatic rings. The third kappa shape index (κ3) is 2.01. The van der Waals surface area contributed by atoms with Crippen molar-refractivity contribution in [1.29, 1.82) is 0 Å². The molecule has 6 nitrogen and oxygen atoms in total. The monoisotopic (exact) mass is 251 g/mol. The van der Waals surface area contributed by atoms with Crippen LogP contribution in [0.1, 0.15) is 18.4 Å². The Labute approximate surface area is 104 Å². The van der Waals surface area contributed by atoms with Gasteiger partial charge in [0.2, 0.25) is 6.54 Å². The number of hydrogen-bond donors (Lipinski definition) is 0. The molecule has 2 atom stereocenters. The van der Waals surface area contributed by atoms with Gasteiger partial charge in [0.25, 0.3) is 0 Å². The number of hydrogen-bond acceptors (Lipinski definition) is 5. The Kier molecular flexibility index (Phi) is 3.18. The van der Waals surface area contributed by atoms with Crippen molar-refractivity contribution in [3.8, 4) is 11.5 Å². The number of nitrogens with zero attached hydrogens (tertiary/aromatic N) is 1. The minimum Gasteiger partial charge on any atom is -0.493 e. The van der Waals surface area contributed by atoms with Crippen molar-refractivity contribution < 1.29 is 19.2 Å². The lowest BCUT2D eigenvalue weighted by Gasteiger charge is -2.28. The molecule has 0 radical (unpaired) electrons. The lowest BCUT2D eigenvalue weighted by atomic mass is 9.84. The van der Waals surface area contributed by atoms with E-state index in [1.54, 1.807) is 25.1 Å².